The molecule has 0 aromatic heterocycles. The van der Waals surface area contributed by atoms with E-state index >= 15 is 0 Å². The van der Waals surface area contributed by atoms with Crippen LogP contribution in [0.2, 0.25) is 0 Å². The third kappa shape index (κ3) is 404. The van der Waals surface area contributed by atoms with Crippen LogP contribution in [0.1, 0.15) is 0 Å². The maximum Gasteiger partial charge on any atom is 1.00 e. The van der Waals surface area contributed by atoms with Crippen molar-refractivity contribution in [1.29, 1.82) is 31.6 Å². The molecule has 0 aliphatic heterocycles. The molecule has 0 aromatic rings. The van der Waals surface area contributed by atoms with E-state index < -0.39 is 0 Å². The molecule has 0 saturated heterocycles. The van der Waals surface area contributed by atoms with E-state index in [1.165, 1.54) is 0 Å². The van der Waals surface area contributed by atoms with Gasteiger partial charge < -0.3 is 71.0 Å². The van der Waals surface area contributed by atoms with Crippen molar-refractivity contribution in [3.05, 3.63) is 39.4 Å². The smallest absolute Gasteiger partial charge is 0.512 e. The molecule has 0 unspecified atom stereocenters. The summed E-state index contributed by atoms with van der Waals surface area (Å²) in [5.74, 6) is 0. The summed E-state index contributed by atoms with van der Waals surface area (Å²) in [7, 11) is 0. The summed E-state index contributed by atoms with van der Waals surface area (Å²) in [6, 6.07) is 0. The normalized spacial score (nSPS) is 0.706. The summed E-state index contributed by atoms with van der Waals surface area (Å²) < 4.78 is 0. The molecule has 0 spiro atoms. The molecule has 0 heterocycles. The largest absolute Gasteiger partial charge is 1.00 e. The first kappa shape index (κ1) is 84.0. The first-order valence-electron chi connectivity index (χ1n) is 1.34. The quantitative estimate of drug-likeness (QED) is 0.320. The molecule has 0 rings (SSSR count). The van der Waals surface area contributed by atoms with E-state index in [0.717, 1.165) is 0 Å². The van der Waals surface area contributed by atoms with E-state index in [4.69, 9.17) is 71.0 Å². The number of hydrogen-bond acceptors (Lipinski definition) is 6. The topological polar surface area (TPSA) is 143 Å². The van der Waals surface area contributed by atoms with Crippen LogP contribution in [0.3, 0.4) is 0 Å². The second-order valence-electron chi connectivity index (χ2n) is 0. The van der Waals surface area contributed by atoms with Gasteiger partial charge in [-0.05, 0) is 0 Å². The molecule has 6 nitrogen and oxygen atoms in total. The molecule has 0 atom stereocenters. The molecule has 0 saturated carbocycles. The SMILES string of the molecule is [C-]#N.[C-]#N.[C-]#N.[C-]#N.[C-]#N.[C-]#N.[Fe].[K+].[K].[K].[K]. The Kier molecular flexibility index (Phi) is 2230. The van der Waals surface area contributed by atoms with Gasteiger partial charge in [0, 0.05) is 171 Å². The molecular weight excluding hydrogens is 368 g/mol. The van der Waals surface area contributed by atoms with Gasteiger partial charge in [0.2, 0.25) is 0 Å². The molecule has 0 N–H and O–H groups in total. The van der Waals surface area contributed by atoms with E-state index in [2.05, 4.69) is 0 Å². The van der Waals surface area contributed by atoms with Gasteiger partial charge in [0.15, 0.2) is 0 Å². The monoisotopic (exact) mass is 368 g/mol. The summed E-state index contributed by atoms with van der Waals surface area (Å²) in [5, 5.41) is 37.5. The van der Waals surface area contributed by atoms with Crippen LogP contribution in [0.15, 0.2) is 0 Å². The fraction of sp³-hybridized carbons (Fsp3) is 0. The van der Waals surface area contributed by atoms with Crippen molar-refractivity contribution >= 4 is 154 Å². The molecule has 0 aromatic carbocycles. The van der Waals surface area contributed by atoms with E-state index in [9.17, 15) is 0 Å². The van der Waals surface area contributed by atoms with Crippen LogP contribution >= 0.6 is 0 Å². The van der Waals surface area contributed by atoms with Crippen molar-refractivity contribution in [2.24, 2.45) is 0 Å². The minimum atomic E-state index is 0. The van der Waals surface area contributed by atoms with Crippen molar-refractivity contribution in [2.45, 2.75) is 0 Å². The Bertz CT molecular complexity index is 106. The molecule has 11 heteroatoms. The summed E-state index contributed by atoms with van der Waals surface area (Å²) in [5.41, 5.74) is 0. The fourth-order valence-corrected chi connectivity index (χ4v) is 0. The van der Waals surface area contributed by atoms with Crippen LogP contribution in [0.4, 0.5) is 0 Å². The summed E-state index contributed by atoms with van der Waals surface area (Å²) >= 11 is 0. The number of hydrogen-bond donors (Lipinski definition) is 0. The summed E-state index contributed by atoms with van der Waals surface area (Å²) in [4.78, 5) is 0. The first-order valence-corrected chi connectivity index (χ1v) is 1.34. The molecule has 71 valence electrons. The second kappa shape index (κ2) is 450. The van der Waals surface area contributed by atoms with E-state index in [1.807, 2.05) is 0 Å². The maximum absolute atomic E-state index is 6.25. The minimum Gasteiger partial charge on any atom is -0.512 e. The van der Waals surface area contributed by atoms with Crippen molar-refractivity contribution in [3.63, 3.8) is 0 Å². The van der Waals surface area contributed by atoms with Crippen molar-refractivity contribution < 1.29 is 68.5 Å². The average molecular weight is 368 g/mol. The van der Waals surface area contributed by atoms with Gasteiger partial charge in [-0.15, -0.1) is 0 Å². The first-order chi connectivity index (χ1) is 6.00. The Balaban J connectivity index is -0.00000000267. The standard InChI is InChI=1S/6CN.Fe.4K/c6*1-2;;;;;/q6*-1;;;;;+1. The third-order valence-electron chi connectivity index (χ3n) is 0. The van der Waals surface area contributed by atoms with Crippen LogP contribution < -0.4 is 51.4 Å². The van der Waals surface area contributed by atoms with Crippen LogP contribution in [0, 0.1) is 71.0 Å². The van der Waals surface area contributed by atoms with Crippen molar-refractivity contribution in [2.75, 3.05) is 0 Å². The zero-order valence-electron chi connectivity index (χ0n) is 10.0. The zero-order valence-corrected chi connectivity index (χ0v) is 23.6. The zero-order chi connectivity index (χ0) is 12.0. The van der Waals surface area contributed by atoms with Crippen molar-refractivity contribution in [1.82, 2.24) is 0 Å². The average Bonchev–Trinajstić information content (AvgIpc) is 2.33. The van der Waals surface area contributed by atoms with Gasteiger partial charge in [-0.3, -0.25) is 0 Å². The predicted molar refractivity (Wildman–Crippen MR) is 47.1 cm³/mol. The van der Waals surface area contributed by atoms with E-state index in [1.54, 1.807) is 0 Å². The van der Waals surface area contributed by atoms with Crippen molar-refractivity contribution in [3.8, 4) is 0 Å². The molecule has 17 heavy (non-hydrogen) atoms. The molecular formula is C6FeK4N6-5. The Labute approximate surface area is 284 Å². The third-order valence-corrected chi connectivity index (χ3v) is 0. The van der Waals surface area contributed by atoms with Crippen LogP contribution in [-0.4, -0.2) is 154 Å². The summed E-state index contributed by atoms with van der Waals surface area (Å²) in [6.45, 7) is 28.5. The minimum absolute atomic E-state index is 0. The molecule has 0 aliphatic rings. The Morgan fingerprint density at radius 2 is 0.353 bits per heavy atom. The predicted octanol–water partition coefficient (Wildman–Crippen LogP) is -3.56. The van der Waals surface area contributed by atoms with Gasteiger partial charge in [0.05, 0.1) is 0 Å². The molecule has 0 amide bonds. The number of rotatable bonds is 0. The Hall–Kier alpha value is 4.00. The molecule has 0 bridgehead atoms. The van der Waals surface area contributed by atoms with E-state index in [-0.39, 0.29) is 223 Å². The van der Waals surface area contributed by atoms with Gasteiger partial charge in [-0.2, -0.15) is 0 Å². The second-order valence-corrected chi connectivity index (χ2v) is 0. The maximum atomic E-state index is 6.25. The Morgan fingerprint density at radius 1 is 0.353 bits per heavy atom. The molecule has 0 aliphatic carbocycles. The van der Waals surface area contributed by atoms with Crippen LogP contribution in [0.25, 0.3) is 0 Å². The summed E-state index contributed by atoms with van der Waals surface area (Å²) in [6.07, 6.45) is 0. The van der Waals surface area contributed by atoms with E-state index in [0.29, 0.717) is 0 Å². The molecule has 0 fully saturated rings. The van der Waals surface area contributed by atoms with Crippen LogP contribution in [0.5, 0.6) is 0 Å². The van der Waals surface area contributed by atoms with Crippen LogP contribution in [-0.2, 0) is 17.1 Å². The fourth-order valence-electron chi connectivity index (χ4n) is 0. The van der Waals surface area contributed by atoms with Gasteiger partial charge in [-0.1, -0.05) is 0 Å². The molecule has 3 radical (unpaired) electrons. The van der Waals surface area contributed by atoms with Gasteiger partial charge in [-0.25, -0.2) is 0 Å². The number of nitrogens with zero attached hydrogens (tertiary/aromatic N) is 6. The Morgan fingerprint density at radius 3 is 0.353 bits per heavy atom. The van der Waals surface area contributed by atoms with Gasteiger partial charge in [0.25, 0.3) is 0 Å². The van der Waals surface area contributed by atoms with Gasteiger partial charge >= 0.3 is 51.4 Å². The van der Waals surface area contributed by atoms with Gasteiger partial charge in [0.1, 0.15) is 0 Å².